The molecular weight excluding hydrogens is 280 g/mol. The molecule has 0 unspecified atom stereocenters. The van der Waals surface area contributed by atoms with Crippen molar-refractivity contribution in [2.45, 2.75) is 41.5 Å². The van der Waals surface area contributed by atoms with Crippen LogP contribution in [0.15, 0.2) is 35.5 Å². The van der Waals surface area contributed by atoms with Crippen molar-refractivity contribution in [2.75, 3.05) is 13.2 Å². The molecule has 0 heterocycles. The molecule has 0 fully saturated rings. The molecule has 0 aromatic carbocycles. The van der Waals surface area contributed by atoms with Crippen LogP contribution in [0, 0.1) is 11.8 Å². The normalized spacial score (nSPS) is 13.1. The van der Waals surface area contributed by atoms with Gasteiger partial charge in [-0.25, -0.2) is 9.59 Å². The van der Waals surface area contributed by atoms with Crippen molar-refractivity contribution in [3.05, 3.63) is 35.5 Å². The highest BCUT2D eigenvalue weighted by molar-refractivity contribution is 5.90. The Bertz CT molecular complexity index is 412. The summed E-state index contributed by atoms with van der Waals surface area (Å²) in [5.41, 5.74) is 1.21. The summed E-state index contributed by atoms with van der Waals surface area (Å²) in [5, 5.41) is 0. The van der Waals surface area contributed by atoms with Crippen LogP contribution in [0.25, 0.3) is 0 Å². The Morgan fingerprint density at radius 2 is 1.09 bits per heavy atom. The Labute approximate surface area is 133 Å². The van der Waals surface area contributed by atoms with Gasteiger partial charge in [0.05, 0.1) is 13.2 Å². The Kier molecular flexibility index (Phi) is 9.92. The zero-order valence-corrected chi connectivity index (χ0v) is 14.5. The summed E-state index contributed by atoms with van der Waals surface area (Å²) in [6, 6.07) is 0. The van der Waals surface area contributed by atoms with Crippen molar-refractivity contribution in [3.8, 4) is 0 Å². The van der Waals surface area contributed by atoms with Gasteiger partial charge in [-0.05, 0) is 25.7 Å². The van der Waals surface area contributed by atoms with E-state index in [0.717, 1.165) is 0 Å². The van der Waals surface area contributed by atoms with Crippen molar-refractivity contribution < 1.29 is 19.1 Å². The first-order chi connectivity index (χ1) is 10.3. The van der Waals surface area contributed by atoms with Gasteiger partial charge in [0, 0.05) is 11.1 Å². The fraction of sp³-hybridized carbons (Fsp3) is 0.556. The second-order valence-electron chi connectivity index (χ2n) is 5.38. The molecule has 0 aromatic rings. The standard InChI is InChI=1S/C18H28O4/c1-7-21-17(19)15(13(3)4)11-9-10-12-16(14(5)6)18(20)22-8-2/h9-14H,7-8H2,1-6H3. The lowest BCUT2D eigenvalue weighted by atomic mass is 10.0. The fourth-order valence-electron chi connectivity index (χ4n) is 1.74. The number of esters is 2. The summed E-state index contributed by atoms with van der Waals surface area (Å²) in [5.74, 6) is -0.467. The number of rotatable bonds is 8. The monoisotopic (exact) mass is 308 g/mol. The molecule has 0 atom stereocenters. The smallest absolute Gasteiger partial charge is 0.334 e. The lowest BCUT2D eigenvalue weighted by Crippen LogP contribution is -2.12. The lowest BCUT2D eigenvalue weighted by molar-refractivity contribution is -0.140. The molecule has 4 heteroatoms. The molecule has 124 valence electrons. The lowest BCUT2D eigenvalue weighted by Gasteiger charge is -2.09. The van der Waals surface area contributed by atoms with Gasteiger partial charge in [0.15, 0.2) is 0 Å². The minimum atomic E-state index is -0.305. The third-order valence-corrected chi connectivity index (χ3v) is 2.93. The minimum Gasteiger partial charge on any atom is -0.463 e. The predicted molar refractivity (Wildman–Crippen MR) is 88.2 cm³/mol. The van der Waals surface area contributed by atoms with Crippen LogP contribution in [-0.2, 0) is 19.1 Å². The van der Waals surface area contributed by atoms with Gasteiger partial charge >= 0.3 is 11.9 Å². The second kappa shape index (κ2) is 10.8. The highest BCUT2D eigenvalue weighted by Crippen LogP contribution is 2.13. The third kappa shape index (κ3) is 7.25. The second-order valence-corrected chi connectivity index (χ2v) is 5.38. The molecule has 0 N–H and O–H groups in total. The van der Waals surface area contributed by atoms with E-state index in [2.05, 4.69) is 0 Å². The van der Waals surface area contributed by atoms with Gasteiger partial charge in [0.2, 0.25) is 0 Å². The molecule has 0 saturated heterocycles. The van der Waals surface area contributed by atoms with E-state index in [1.807, 2.05) is 27.7 Å². The molecule has 0 aliphatic heterocycles. The Morgan fingerprint density at radius 3 is 1.32 bits per heavy atom. The maximum absolute atomic E-state index is 11.8. The van der Waals surface area contributed by atoms with E-state index in [-0.39, 0.29) is 23.8 Å². The molecule has 0 saturated carbocycles. The molecule has 0 radical (unpaired) electrons. The average molecular weight is 308 g/mol. The van der Waals surface area contributed by atoms with Crippen molar-refractivity contribution in [1.82, 2.24) is 0 Å². The van der Waals surface area contributed by atoms with E-state index >= 15 is 0 Å². The van der Waals surface area contributed by atoms with Gasteiger partial charge in [-0.3, -0.25) is 0 Å². The topological polar surface area (TPSA) is 52.6 Å². The summed E-state index contributed by atoms with van der Waals surface area (Å²) in [6.07, 6.45) is 6.94. The van der Waals surface area contributed by atoms with E-state index in [1.165, 1.54) is 0 Å². The SMILES string of the molecule is CCOC(=O)C(=CC=CC=C(C(=O)OCC)C(C)C)C(C)C. The summed E-state index contributed by atoms with van der Waals surface area (Å²) < 4.78 is 10.0. The van der Waals surface area contributed by atoms with Crippen LogP contribution in [0.5, 0.6) is 0 Å². The van der Waals surface area contributed by atoms with Crippen LogP contribution in [-0.4, -0.2) is 25.2 Å². The fourth-order valence-corrected chi connectivity index (χ4v) is 1.74. The van der Waals surface area contributed by atoms with E-state index < -0.39 is 0 Å². The molecule has 0 rings (SSSR count). The summed E-state index contributed by atoms with van der Waals surface area (Å²) >= 11 is 0. The molecule has 0 aliphatic carbocycles. The van der Waals surface area contributed by atoms with Gasteiger partial charge in [-0.15, -0.1) is 0 Å². The molecule has 0 aromatic heterocycles. The Hall–Kier alpha value is -1.84. The van der Waals surface area contributed by atoms with Crippen LogP contribution in [0.4, 0.5) is 0 Å². The average Bonchev–Trinajstić information content (AvgIpc) is 2.42. The van der Waals surface area contributed by atoms with Crippen LogP contribution in [0.2, 0.25) is 0 Å². The molecule has 22 heavy (non-hydrogen) atoms. The number of hydrogen-bond acceptors (Lipinski definition) is 4. The van der Waals surface area contributed by atoms with Gasteiger partial charge in [-0.1, -0.05) is 52.0 Å². The Balaban J connectivity index is 5.12. The molecule has 0 aliphatic rings. The van der Waals surface area contributed by atoms with E-state index in [4.69, 9.17) is 9.47 Å². The number of ether oxygens (including phenoxy) is 2. The predicted octanol–water partition coefficient (Wildman–Crippen LogP) is 3.83. The van der Waals surface area contributed by atoms with Gasteiger partial charge in [0.25, 0.3) is 0 Å². The summed E-state index contributed by atoms with van der Waals surface area (Å²) in [6.45, 7) is 12.0. The van der Waals surface area contributed by atoms with Gasteiger partial charge in [0.1, 0.15) is 0 Å². The zero-order chi connectivity index (χ0) is 17.1. The van der Waals surface area contributed by atoms with Gasteiger partial charge < -0.3 is 9.47 Å². The first-order valence-corrected chi connectivity index (χ1v) is 7.77. The van der Waals surface area contributed by atoms with Crippen LogP contribution in [0.3, 0.4) is 0 Å². The number of carbonyl (C=O) groups is 2. The maximum atomic E-state index is 11.8. The van der Waals surface area contributed by atoms with Crippen LogP contribution < -0.4 is 0 Å². The number of carbonyl (C=O) groups excluding carboxylic acids is 2. The maximum Gasteiger partial charge on any atom is 0.334 e. The minimum absolute atomic E-state index is 0.0716. The van der Waals surface area contributed by atoms with Gasteiger partial charge in [-0.2, -0.15) is 0 Å². The first-order valence-electron chi connectivity index (χ1n) is 7.77. The zero-order valence-electron chi connectivity index (χ0n) is 14.5. The molecule has 4 nitrogen and oxygen atoms in total. The van der Waals surface area contributed by atoms with Crippen molar-refractivity contribution >= 4 is 11.9 Å². The van der Waals surface area contributed by atoms with E-state index in [0.29, 0.717) is 24.4 Å². The summed E-state index contributed by atoms with van der Waals surface area (Å²) in [4.78, 5) is 23.6. The molecule has 0 bridgehead atoms. The first kappa shape index (κ1) is 20.2. The molecule has 0 amide bonds. The number of hydrogen-bond donors (Lipinski definition) is 0. The van der Waals surface area contributed by atoms with Crippen molar-refractivity contribution in [1.29, 1.82) is 0 Å². The molecule has 0 spiro atoms. The van der Waals surface area contributed by atoms with E-state index in [9.17, 15) is 9.59 Å². The van der Waals surface area contributed by atoms with Crippen LogP contribution in [0.1, 0.15) is 41.5 Å². The molecular formula is C18H28O4. The summed E-state index contributed by atoms with van der Waals surface area (Å²) in [7, 11) is 0. The Morgan fingerprint density at radius 1 is 0.773 bits per heavy atom. The highest BCUT2D eigenvalue weighted by Gasteiger charge is 2.14. The quantitative estimate of drug-likeness (QED) is 0.388. The van der Waals surface area contributed by atoms with Crippen molar-refractivity contribution in [3.63, 3.8) is 0 Å². The highest BCUT2D eigenvalue weighted by atomic mass is 16.5. The largest absolute Gasteiger partial charge is 0.463 e. The third-order valence-electron chi connectivity index (χ3n) is 2.93. The van der Waals surface area contributed by atoms with Crippen LogP contribution >= 0.6 is 0 Å². The number of allylic oxidation sites excluding steroid dienone is 4. The van der Waals surface area contributed by atoms with Crippen molar-refractivity contribution in [2.24, 2.45) is 11.8 Å². The van der Waals surface area contributed by atoms with E-state index in [1.54, 1.807) is 38.2 Å².